The van der Waals surface area contributed by atoms with Gasteiger partial charge in [-0.15, -0.1) is 0 Å². The van der Waals surface area contributed by atoms with Crippen LogP contribution in [0.3, 0.4) is 0 Å². The molecule has 0 saturated heterocycles. The van der Waals surface area contributed by atoms with Crippen LogP contribution in [0.25, 0.3) is 0 Å². The first-order valence-corrected chi connectivity index (χ1v) is 5.23. The monoisotopic (exact) mass is 258 g/mol. The summed E-state index contributed by atoms with van der Waals surface area (Å²) in [5, 5.41) is 10.9. The van der Waals surface area contributed by atoms with Crippen LogP contribution in [0.1, 0.15) is 0 Å². The van der Waals surface area contributed by atoms with E-state index in [-0.39, 0.29) is 17.1 Å². The third-order valence-electron chi connectivity index (χ3n) is 2.49. The van der Waals surface area contributed by atoms with E-state index in [2.05, 4.69) is 0 Å². The third kappa shape index (κ3) is 3.07. The van der Waals surface area contributed by atoms with Crippen molar-refractivity contribution in [1.29, 1.82) is 0 Å². The molecule has 0 radical (unpaired) electrons. The summed E-state index contributed by atoms with van der Waals surface area (Å²) in [7, 11) is 4.51. The van der Waals surface area contributed by atoms with Gasteiger partial charge in [0, 0.05) is 26.8 Å². The van der Waals surface area contributed by atoms with Gasteiger partial charge in [-0.05, 0) is 0 Å². The van der Waals surface area contributed by atoms with Gasteiger partial charge in [-0.2, -0.15) is 0 Å². The fourth-order valence-corrected chi connectivity index (χ4v) is 1.49. The zero-order valence-electron chi connectivity index (χ0n) is 10.5. The Morgan fingerprint density at radius 3 is 2.61 bits per heavy atom. The predicted molar refractivity (Wildman–Crippen MR) is 64.8 cm³/mol. The highest BCUT2D eigenvalue weighted by Crippen LogP contribution is 2.33. The molecule has 7 heteroatoms. The molecule has 0 aromatic heterocycles. The first-order chi connectivity index (χ1) is 8.51. The summed E-state index contributed by atoms with van der Waals surface area (Å²) in [4.78, 5) is 11.9. The van der Waals surface area contributed by atoms with Gasteiger partial charge in [0.15, 0.2) is 11.6 Å². The molecule has 0 aliphatic carbocycles. The predicted octanol–water partition coefficient (Wildman–Crippen LogP) is 1.83. The molecular weight excluding hydrogens is 243 g/mol. The Balaban J connectivity index is 3.17. The van der Waals surface area contributed by atoms with E-state index in [9.17, 15) is 14.5 Å². The smallest absolute Gasteiger partial charge is 0.295 e. The van der Waals surface area contributed by atoms with E-state index in [0.717, 1.165) is 6.07 Å². The number of hydrogen-bond acceptors (Lipinski definition) is 5. The lowest BCUT2D eigenvalue weighted by Crippen LogP contribution is -2.23. The van der Waals surface area contributed by atoms with Gasteiger partial charge >= 0.3 is 0 Å². The Labute approximate surface area is 104 Å². The number of nitro benzene ring substituents is 1. The number of benzene rings is 1. The van der Waals surface area contributed by atoms with Gasteiger partial charge in [-0.3, -0.25) is 10.1 Å². The van der Waals surface area contributed by atoms with Gasteiger partial charge < -0.3 is 14.4 Å². The largest absolute Gasteiger partial charge is 0.494 e. The van der Waals surface area contributed by atoms with Crippen LogP contribution in [0.4, 0.5) is 15.8 Å². The van der Waals surface area contributed by atoms with Gasteiger partial charge in [-0.1, -0.05) is 0 Å². The lowest BCUT2D eigenvalue weighted by atomic mass is 10.2. The van der Waals surface area contributed by atoms with Crippen molar-refractivity contribution in [3.63, 3.8) is 0 Å². The van der Waals surface area contributed by atoms with Gasteiger partial charge in [0.25, 0.3) is 5.69 Å². The first-order valence-electron chi connectivity index (χ1n) is 5.23. The summed E-state index contributed by atoms with van der Waals surface area (Å²) in [6.07, 6.45) is 0. The number of nitrogens with zero attached hydrogens (tertiary/aromatic N) is 2. The molecule has 0 spiro atoms. The summed E-state index contributed by atoms with van der Waals surface area (Å²) in [5.74, 6) is -0.784. The Morgan fingerprint density at radius 1 is 1.44 bits per heavy atom. The molecular formula is C11H15FN2O4. The number of halogens is 1. The van der Waals surface area contributed by atoms with Crippen LogP contribution in [0.5, 0.6) is 5.75 Å². The molecule has 0 fully saturated rings. The Hall–Kier alpha value is -1.89. The lowest BCUT2D eigenvalue weighted by Gasteiger charge is -2.19. The summed E-state index contributed by atoms with van der Waals surface area (Å²) < 4.78 is 23.2. The molecule has 100 valence electrons. The Morgan fingerprint density at radius 2 is 2.11 bits per heavy atom. The average molecular weight is 258 g/mol. The summed E-state index contributed by atoms with van der Waals surface area (Å²) in [6.45, 7) is 0.861. The maximum Gasteiger partial charge on any atom is 0.295 e. The van der Waals surface area contributed by atoms with E-state index in [1.807, 2.05) is 0 Å². The van der Waals surface area contributed by atoms with E-state index in [1.54, 1.807) is 11.9 Å². The first kappa shape index (κ1) is 14.2. The van der Waals surface area contributed by atoms with E-state index in [0.29, 0.717) is 13.2 Å². The topological polar surface area (TPSA) is 64.8 Å². The van der Waals surface area contributed by atoms with Crippen LogP contribution in [-0.4, -0.2) is 39.3 Å². The number of likely N-dealkylation sites (N-methyl/N-ethyl adjacent to an activating group) is 1. The maximum absolute atomic E-state index is 13.4. The molecule has 0 N–H and O–H groups in total. The van der Waals surface area contributed by atoms with Crippen LogP contribution in [0, 0.1) is 15.9 Å². The number of rotatable bonds is 6. The summed E-state index contributed by atoms with van der Waals surface area (Å²) in [6, 6.07) is 2.17. The van der Waals surface area contributed by atoms with Crippen LogP contribution in [-0.2, 0) is 4.74 Å². The number of nitro groups is 1. The molecule has 0 aliphatic heterocycles. The van der Waals surface area contributed by atoms with Gasteiger partial charge in [0.05, 0.1) is 24.7 Å². The minimum atomic E-state index is -0.756. The molecule has 0 amide bonds. The molecule has 1 aromatic carbocycles. The lowest BCUT2D eigenvalue weighted by molar-refractivity contribution is -0.384. The Kier molecular flexibility index (Phi) is 4.85. The van der Waals surface area contributed by atoms with Crippen molar-refractivity contribution in [3.8, 4) is 5.75 Å². The standard InChI is InChI=1S/C11H15FN2O4/c1-13(4-5-17-2)9-7-11(18-3)8(12)6-10(9)14(15)16/h6-7H,4-5H2,1-3H3. The molecule has 6 nitrogen and oxygen atoms in total. The molecule has 1 rings (SSSR count). The number of hydrogen-bond donors (Lipinski definition) is 0. The number of methoxy groups -OCH3 is 2. The van der Waals surface area contributed by atoms with E-state index in [4.69, 9.17) is 9.47 Å². The molecule has 0 aliphatic rings. The second-order valence-electron chi connectivity index (χ2n) is 3.65. The average Bonchev–Trinajstić information content (AvgIpc) is 2.35. The van der Waals surface area contributed by atoms with E-state index >= 15 is 0 Å². The van der Waals surface area contributed by atoms with Crippen LogP contribution < -0.4 is 9.64 Å². The van der Waals surface area contributed by atoms with Crippen LogP contribution in [0.15, 0.2) is 12.1 Å². The van der Waals surface area contributed by atoms with Crippen molar-refractivity contribution in [3.05, 3.63) is 28.1 Å². The molecule has 0 unspecified atom stereocenters. The quantitative estimate of drug-likeness (QED) is 0.575. The fraction of sp³-hybridized carbons (Fsp3) is 0.455. The van der Waals surface area contributed by atoms with Gasteiger partial charge in [0.1, 0.15) is 5.69 Å². The third-order valence-corrected chi connectivity index (χ3v) is 2.49. The Bertz CT molecular complexity index is 439. The van der Waals surface area contributed by atoms with Crippen molar-refractivity contribution < 1.29 is 18.8 Å². The zero-order valence-corrected chi connectivity index (χ0v) is 10.5. The second-order valence-corrected chi connectivity index (χ2v) is 3.65. The van der Waals surface area contributed by atoms with E-state index in [1.165, 1.54) is 20.3 Å². The minimum absolute atomic E-state index is 0.0279. The van der Waals surface area contributed by atoms with Crippen molar-refractivity contribution in [2.75, 3.05) is 39.3 Å². The molecule has 0 atom stereocenters. The normalized spacial score (nSPS) is 10.2. The van der Waals surface area contributed by atoms with Gasteiger partial charge in [-0.25, -0.2) is 4.39 Å². The number of ether oxygens (including phenoxy) is 2. The number of anilines is 1. The molecule has 0 heterocycles. The van der Waals surface area contributed by atoms with Crippen LogP contribution >= 0.6 is 0 Å². The zero-order chi connectivity index (χ0) is 13.7. The van der Waals surface area contributed by atoms with Crippen LogP contribution in [0.2, 0.25) is 0 Å². The molecule has 1 aromatic rings. The summed E-state index contributed by atoms with van der Waals surface area (Å²) >= 11 is 0. The molecule has 0 bridgehead atoms. The van der Waals surface area contributed by atoms with Crippen molar-refractivity contribution in [2.24, 2.45) is 0 Å². The highest BCUT2D eigenvalue weighted by atomic mass is 19.1. The fourth-order valence-electron chi connectivity index (χ4n) is 1.49. The summed E-state index contributed by atoms with van der Waals surface area (Å²) in [5.41, 5.74) is -0.0118. The maximum atomic E-state index is 13.4. The molecule has 18 heavy (non-hydrogen) atoms. The SMILES string of the molecule is COCCN(C)c1cc(OC)c(F)cc1[N+](=O)[O-]. The molecule has 0 saturated carbocycles. The van der Waals surface area contributed by atoms with Crippen molar-refractivity contribution in [2.45, 2.75) is 0 Å². The van der Waals surface area contributed by atoms with Crippen molar-refractivity contribution >= 4 is 11.4 Å². The highest BCUT2D eigenvalue weighted by molar-refractivity contribution is 5.65. The van der Waals surface area contributed by atoms with Crippen molar-refractivity contribution in [1.82, 2.24) is 0 Å². The second kappa shape index (κ2) is 6.15. The van der Waals surface area contributed by atoms with Gasteiger partial charge in [0.2, 0.25) is 0 Å². The minimum Gasteiger partial charge on any atom is -0.494 e. The van der Waals surface area contributed by atoms with E-state index < -0.39 is 10.7 Å². The highest BCUT2D eigenvalue weighted by Gasteiger charge is 2.21.